The fourth-order valence-corrected chi connectivity index (χ4v) is 2.05. The molecule has 1 aromatic heterocycles. The molecule has 0 atom stereocenters. The minimum absolute atomic E-state index is 0.111. The average molecular weight is 267 g/mol. The molecule has 18 heavy (non-hydrogen) atoms. The molecule has 0 bridgehead atoms. The second-order valence-electron chi connectivity index (χ2n) is 3.36. The van der Waals surface area contributed by atoms with Crippen LogP contribution in [-0.4, -0.2) is 49.2 Å². The van der Waals surface area contributed by atoms with E-state index in [-0.39, 0.29) is 19.1 Å². The van der Waals surface area contributed by atoms with Gasteiger partial charge in [0.1, 0.15) is 18.0 Å². The molecule has 6 heteroatoms. The molecule has 0 unspecified atom stereocenters. The Balaban J connectivity index is 2.84. The normalized spacial score (nSPS) is 9.28. The van der Waals surface area contributed by atoms with E-state index in [0.717, 1.165) is 0 Å². The molecule has 1 aromatic rings. The highest BCUT2D eigenvalue weighted by molar-refractivity contribution is 7.12. The number of hydrogen-bond acceptors (Lipinski definition) is 5. The van der Waals surface area contributed by atoms with Gasteiger partial charge in [-0.05, 0) is 11.4 Å². The van der Waals surface area contributed by atoms with Crippen LogP contribution in [0.4, 0.5) is 0 Å². The molecule has 0 fully saturated rings. The summed E-state index contributed by atoms with van der Waals surface area (Å²) in [4.78, 5) is 24.8. The van der Waals surface area contributed by atoms with E-state index < -0.39 is 5.97 Å². The number of amides is 1. The summed E-state index contributed by atoms with van der Waals surface area (Å²) in [6.45, 7) is -0.373. The Bertz CT molecular complexity index is 498. The van der Waals surface area contributed by atoms with Crippen molar-refractivity contribution in [1.29, 1.82) is 0 Å². The minimum Gasteiger partial charge on any atom is -0.468 e. The van der Waals surface area contributed by atoms with Crippen molar-refractivity contribution in [2.75, 3.05) is 27.3 Å². The molecule has 0 aromatic carbocycles. The lowest BCUT2D eigenvalue weighted by molar-refractivity contribution is -0.141. The summed E-state index contributed by atoms with van der Waals surface area (Å²) < 4.78 is 4.49. The number of aliphatic hydroxyl groups excluding tert-OH is 1. The van der Waals surface area contributed by atoms with E-state index >= 15 is 0 Å². The summed E-state index contributed by atoms with van der Waals surface area (Å²) in [6.07, 6.45) is 0. The first-order valence-corrected chi connectivity index (χ1v) is 5.97. The van der Waals surface area contributed by atoms with E-state index in [9.17, 15) is 9.59 Å². The van der Waals surface area contributed by atoms with E-state index in [4.69, 9.17) is 5.11 Å². The molecular weight excluding hydrogens is 254 g/mol. The number of hydrogen-bond donors (Lipinski definition) is 1. The largest absolute Gasteiger partial charge is 0.468 e. The van der Waals surface area contributed by atoms with Crippen molar-refractivity contribution in [2.45, 2.75) is 0 Å². The Morgan fingerprint density at radius 1 is 1.56 bits per heavy atom. The predicted octanol–water partition coefficient (Wildman–Crippen LogP) is 0.337. The number of esters is 1. The van der Waals surface area contributed by atoms with Crippen LogP contribution in [0.25, 0.3) is 0 Å². The van der Waals surface area contributed by atoms with Gasteiger partial charge in [0.15, 0.2) is 0 Å². The molecule has 0 aliphatic carbocycles. The number of rotatable bonds is 3. The lowest BCUT2D eigenvalue weighted by Gasteiger charge is -2.14. The Morgan fingerprint density at radius 3 is 2.89 bits per heavy atom. The van der Waals surface area contributed by atoms with Gasteiger partial charge in [0.25, 0.3) is 5.91 Å². The molecule has 96 valence electrons. The maximum Gasteiger partial charge on any atom is 0.325 e. The molecule has 1 amide bonds. The van der Waals surface area contributed by atoms with Crippen LogP contribution >= 0.6 is 11.3 Å². The maximum absolute atomic E-state index is 12.0. The highest BCUT2D eigenvalue weighted by Crippen LogP contribution is 2.17. The monoisotopic (exact) mass is 267 g/mol. The summed E-state index contributed by atoms with van der Waals surface area (Å²) in [7, 11) is 2.78. The zero-order valence-electron chi connectivity index (χ0n) is 10.1. The van der Waals surface area contributed by atoms with Gasteiger partial charge in [-0.25, -0.2) is 0 Å². The van der Waals surface area contributed by atoms with Crippen molar-refractivity contribution in [3.05, 3.63) is 21.9 Å². The Kier molecular flexibility index (Phi) is 5.36. The number of methoxy groups -OCH3 is 1. The second kappa shape index (κ2) is 6.79. The Labute approximate surface area is 109 Å². The van der Waals surface area contributed by atoms with E-state index in [1.807, 2.05) is 0 Å². The highest BCUT2D eigenvalue weighted by atomic mass is 32.1. The first kappa shape index (κ1) is 14.2. The first-order chi connectivity index (χ1) is 8.60. The van der Waals surface area contributed by atoms with Gasteiger partial charge in [-0.15, -0.1) is 11.3 Å². The average Bonchev–Trinajstić information content (AvgIpc) is 2.83. The third kappa shape index (κ3) is 3.58. The van der Waals surface area contributed by atoms with Gasteiger partial charge in [0.05, 0.1) is 7.11 Å². The van der Waals surface area contributed by atoms with Crippen molar-refractivity contribution in [3.8, 4) is 11.8 Å². The zero-order valence-corrected chi connectivity index (χ0v) is 10.9. The number of likely N-dealkylation sites (N-methyl/N-ethyl adjacent to an activating group) is 1. The molecule has 0 saturated heterocycles. The number of ether oxygens (including phenoxy) is 1. The van der Waals surface area contributed by atoms with Gasteiger partial charge in [-0.2, -0.15) is 0 Å². The topological polar surface area (TPSA) is 66.8 Å². The zero-order chi connectivity index (χ0) is 13.5. The molecule has 0 aliphatic heterocycles. The van der Waals surface area contributed by atoms with Crippen molar-refractivity contribution < 1.29 is 19.4 Å². The van der Waals surface area contributed by atoms with Gasteiger partial charge in [-0.1, -0.05) is 11.8 Å². The standard InChI is InChI=1S/C12H13NO4S/c1-13(8-10(15)17-2)12(16)11-9(4-3-6-14)5-7-18-11/h5,7,14H,6,8H2,1-2H3. The molecule has 0 radical (unpaired) electrons. The van der Waals surface area contributed by atoms with Crippen LogP contribution in [0.15, 0.2) is 11.4 Å². The van der Waals surface area contributed by atoms with Crippen LogP contribution in [0.5, 0.6) is 0 Å². The summed E-state index contributed by atoms with van der Waals surface area (Å²) in [5.74, 6) is 4.40. The van der Waals surface area contributed by atoms with Crippen LogP contribution in [0.2, 0.25) is 0 Å². The van der Waals surface area contributed by atoms with Crippen molar-refractivity contribution in [1.82, 2.24) is 4.90 Å². The van der Waals surface area contributed by atoms with Gasteiger partial charge >= 0.3 is 5.97 Å². The molecule has 0 aliphatic rings. The highest BCUT2D eigenvalue weighted by Gasteiger charge is 2.18. The number of thiophene rings is 1. The molecule has 1 heterocycles. The van der Waals surface area contributed by atoms with E-state index in [1.54, 1.807) is 11.4 Å². The van der Waals surface area contributed by atoms with Crippen LogP contribution < -0.4 is 0 Å². The summed E-state index contributed by atoms with van der Waals surface area (Å²) in [5.41, 5.74) is 0.552. The fourth-order valence-electron chi connectivity index (χ4n) is 1.21. The van der Waals surface area contributed by atoms with Crippen molar-refractivity contribution >= 4 is 23.2 Å². The second-order valence-corrected chi connectivity index (χ2v) is 4.28. The van der Waals surface area contributed by atoms with E-state index in [2.05, 4.69) is 16.6 Å². The third-order valence-corrected chi connectivity index (χ3v) is 3.00. The van der Waals surface area contributed by atoms with Crippen molar-refractivity contribution in [3.63, 3.8) is 0 Å². The lowest BCUT2D eigenvalue weighted by Crippen LogP contribution is -2.32. The van der Waals surface area contributed by atoms with Gasteiger partial charge in [0, 0.05) is 12.6 Å². The van der Waals surface area contributed by atoms with E-state index in [1.165, 1.54) is 30.4 Å². The summed E-state index contributed by atoms with van der Waals surface area (Å²) in [6, 6.07) is 1.70. The molecular formula is C12H13NO4S. The number of aliphatic hydroxyl groups is 1. The Morgan fingerprint density at radius 2 is 2.28 bits per heavy atom. The van der Waals surface area contributed by atoms with Gasteiger partial charge < -0.3 is 14.7 Å². The van der Waals surface area contributed by atoms with Crippen LogP contribution in [-0.2, 0) is 9.53 Å². The first-order valence-electron chi connectivity index (χ1n) is 5.09. The third-order valence-electron chi connectivity index (χ3n) is 2.10. The number of carbonyl (C=O) groups is 2. The fraction of sp³-hybridized carbons (Fsp3) is 0.333. The van der Waals surface area contributed by atoms with Crippen molar-refractivity contribution in [2.24, 2.45) is 0 Å². The quantitative estimate of drug-likeness (QED) is 0.633. The predicted molar refractivity (Wildman–Crippen MR) is 67.3 cm³/mol. The van der Waals surface area contributed by atoms with Gasteiger partial charge in [-0.3, -0.25) is 9.59 Å². The minimum atomic E-state index is -0.481. The van der Waals surface area contributed by atoms with E-state index in [0.29, 0.717) is 10.4 Å². The number of nitrogens with zero attached hydrogens (tertiary/aromatic N) is 1. The maximum atomic E-state index is 12.0. The molecule has 1 rings (SSSR count). The molecule has 0 spiro atoms. The lowest BCUT2D eigenvalue weighted by atomic mass is 10.2. The van der Waals surface area contributed by atoms with Crippen LogP contribution in [0, 0.1) is 11.8 Å². The smallest absolute Gasteiger partial charge is 0.325 e. The van der Waals surface area contributed by atoms with Gasteiger partial charge in [0.2, 0.25) is 0 Å². The summed E-state index contributed by atoms with van der Waals surface area (Å²) >= 11 is 1.24. The molecule has 0 saturated carbocycles. The number of carbonyl (C=O) groups excluding carboxylic acids is 2. The van der Waals surface area contributed by atoms with Crippen LogP contribution in [0.1, 0.15) is 15.2 Å². The SMILES string of the molecule is COC(=O)CN(C)C(=O)c1sccc1C#CCO. The molecule has 1 N–H and O–H groups in total. The Hall–Kier alpha value is -1.84. The molecule has 5 nitrogen and oxygen atoms in total. The van der Waals surface area contributed by atoms with Crippen LogP contribution in [0.3, 0.4) is 0 Å². The summed E-state index contributed by atoms with van der Waals surface area (Å²) in [5, 5.41) is 10.4.